The predicted octanol–water partition coefficient (Wildman–Crippen LogP) is 4.62. The minimum Gasteiger partial charge on any atom is -0.251 e. The minimum atomic E-state index is -4.57. The van der Waals surface area contributed by atoms with E-state index in [0.29, 0.717) is 11.1 Å². The van der Waals surface area contributed by atoms with E-state index in [1.165, 1.54) is 24.3 Å². The second-order valence-corrected chi connectivity index (χ2v) is 8.42. The van der Waals surface area contributed by atoms with Crippen LogP contribution in [-0.4, -0.2) is 25.4 Å². The Bertz CT molecular complexity index is 933. The average molecular weight is 420 g/mol. The SMILES string of the molecule is O=S(=O)(NC1CCC(F)(F)CC1)c1cccc(-c2ccc(C(F)(F)F)nc2)c1. The van der Waals surface area contributed by atoms with Crippen molar-refractivity contribution in [3.8, 4) is 11.1 Å². The molecule has 0 atom stereocenters. The van der Waals surface area contributed by atoms with Gasteiger partial charge in [0.25, 0.3) is 0 Å². The van der Waals surface area contributed by atoms with Crippen molar-refractivity contribution in [3.05, 3.63) is 48.3 Å². The highest BCUT2D eigenvalue weighted by Crippen LogP contribution is 2.34. The summed E-state index contributed by atoms with van der Waals surface area (Å²) in [6.45, 7) is 0. The Balaban J connectivity index is 1.79. The standard InChI is InChI=1S/C18H17F5N2O2S/c19-17(20)8-6-14(7-9-17)25-28(26,27)15-3-1-2-12(10-15)13-4-5-16(24-11-13)18(21,22)23/h1-5,10-11,14,25H,6-9H2. The normalized spacial score (nSPS) is 18.2. The van der Waals surface area contributed by atoms with Crippen molar-refractivity contribution in [2.45, 2.75) is 48.7 Å². The summed E-state index contributed by atoms with van der Waals surface area (Å²) in [7, 11) is -3.95. The van der Waals surface area contributed by atoms with Gasteiger partial charge in [0.1, 0.15) is 5.69 Å². The van der Waals surface area contributed by atoms with Crippen molar-refractivity contribution in [2.75, 3.05) is 0 Å². The molecule has 1 aliphatic carbocycles. The van der Waals surface area contributed by atoms with Crippen molar-refractivity contribution in [3.63, 3.8) is 0 Å². The Kier molecular flexibility index (Phi) is 5.46. The summed E-state index contributed by atoms with van der Waals surface area (Å²) in [4.78, 5) is 3.27. The molecule has 1 heterocycles. The highest BCUT2D eigenvalue weighted by Gasteiger charge is 2.36. The maximum absolute atomic E-state index is 13.2. The molecule has 1 aromatic carbocycles. The molecule has 0 saturated heterocycles. The molecule has 152 valence electrons. The molecule has 1 aliphatic rings. The van der Waals surface area contributed by atoms with Crippen LogP contribution in [0.5, 0.6) is 0 Å². The van der Waals surface area contributed by atoms with Gasteiger partial charge in [-0.05, 0) is 36.6 Å². The minimum absolute atomic E-state index is 0.0365. The molecular formula is C18H17F5N2O2S. The lowest BCUT2D eigenvalue weighted by atomic mass is 9.93. The largest absolute Gasteiger partial charge is 0.433 e. The van der Waals surface area contributed by atoms with Gasteiger partial charge in [-0.2, -0.15) is 13.2 Å². The highest BCUT2D eigenvalue weighted by atomic mass is 32.2. The van der Waals surface area contributed by atoms with Gasteiger partial charge in [-0.25, -0.2) is 21.9 Å². The van der Waals surface area contributed by atoms with Crippen LogP contribution in [0.15, 0.2) is 47.5 Å². The van der Waals surface area contributed by atoms with Gasteiger partial charge in [0.05, 0.1) is 4.90 Å². The third-order valence-electron chi connectivity index (χ3n) is 4.57. The van der Waals surface area contributed by atoms with Crippen molar-refractivity contribution >= 4 is 10.0 Å². The monoisotopic (exact) mass is 420 g/mol. The van der Waals surface area contributed by atoms with E-state index in [0.717, 1.165) is 12.3 Å². The molecular weight excluding hydrogens is 403 g/mol. The molecule has 0 aliphatic heterocycles. The quantitative estimate of drug-likeness (QED) is 0.734. The van der Waals surface area contributed by atoms with Crippen LogP contribution in [-0.2, 0) is 16.2 Å². The molecule has 28 heavy (non-hydrogen) atoms. The number of hydrogen-bond acceptors (Lipinski definition) is 3. The van der Waals surface area contributed by atoms with Gasteiger partial charge in [0.2, 0.25) is 15.9 Å². The molecule has 1 aromatic heterocycles. The number of rotatable bonds is 4. The summed E-state index contributed by atoms with van der Waals surface area (Å²) >= 11 is 0. The maximum Gasteiger partial charge on any atom is 0.433 e. The Labute approximate surface area is 158 Å². The predicted molar refractivity (Wildman–Crippen MR) is 92.2 cm³/mol. The molecule has 10 heteroatoms. The number of aromatic nitrogens is 1. The second kappa shape index (κ2) is 7.40. The van der Waals surface area contributed by atoms with Crippen molar-refractivity contribution in [2.24, 2.45) is 0 Å². The summed E-state index contributed by atoms with van der Waals surface area (Å²) in [5.41, 5.74) is -0.350. The van der Waals surface area contributed by atoms with Gasteiger partial charge in [0, 0.05) is 30.6 Å². The molecule has 4 nitrogen and oxygen atoms in total. The fraction of sp³-hybridized carbons (Fsp3) is 0.389. The molecule has 3 rings (SSSR count). The number of benzene rings is 1. The van der Waals surface area contributed by atoms with Crippen LogP contribution < -0.4 is 4.72 Å². The number of nitrogens with zero attached hydrogens (tertiary/aromatic N) is 1. The van der Waals surface area contributed by atoms with E-state index in [-0.39, 0.29) is 30.6 Å². The van der Waals surface area contributed by atoms with Gasteiger partial charge in [-0.1, -0.05) is 18.2 Å². The van der Waals surface area contributed by atoms with Crippen LogP contribution in [0.1, 0.15) is 31.4 Å². The van der Waals surface area contributed by atoms with E-state index in [1.807, 2.05) is 0 Å². The number of sulfonamides is 1. The zero-order valence-corrected chi connectivity index (χ0v) is 15.3. The smallest absolute Gasteiger partial charge is 0.251 e. The van der Waals surface area contributed by atoms with Crippen molar-refractivity contribution in [1.29, 1.82) is 0 Å². The summed E-state index contributed by atoms with van der Waals surface area (Å²) < 4.78 is 91.9. The topological polar surface area (TPSA) is 59.1 Å². The van der Waals surface area contributed by atoms with Gasteiger partial charge < -0.3 is 0 Å². The Morgan fingerprint density at radius 1 is 1.04 bits per heavy atom. The van der Waals surface area contributed by atoms with E-state index >= 15 is 0 Å². The molecule has 1 saturated carbocycles. The van der Waals surface area contributed by atoms with Crippen LogP contribution in [0, 0.1) is 0 Å². The number of pyridine rings is 1. The van der Waals surface area contributed by atoms with Crippen LogP contribution in [0.2, 0.25) is 0 Å². The summed E-state index contributed by atoms with van der Waals surface area (Å²) in [6.07, 6.45) is -4.23. The van der Waals surface area contributed by atoms with Crippen LogP contribution in [0.25, 0.3) is 11.1 Å². The Morgan fingerprint density at radius 2 is 1.71 bits per heavy atom. The van der Waals surface area contributed by atoms with Crippen LogP contribution in [0.4, 0.5) is 22.0 Å². The zero-order chi connectivity index (χ0) is 20.6. The molecule has 1 fully saturated rings. The fourth-order valence-corrected chi connectivity index (χ4v) is 4.37. The molecule has 0 radical (unpaired) electrons. The lowest BCUT2D eigenvalue weighted by Gasteiger charge is -2.28. The molecule has 0 bridgehead atoms. The first-order valence-electron chi connectivity index (χ1n) is 8.50. The number of halogens is 5. The van der Waals surface area contributed by atoms with Gasteiger partial charge in [0.15, 0.2) is 0 Å². The maximum atomic E-state index is 13.2. The van der Waals surface area contributed by atoms with Crippen molar-refractivity contribution < 1.29 is 30.4 Å². The zero-order valence-electron chi connectivity index (χ0n) is 14.5. The summed E-state index contributed by atoms with van der Waals surface area (Å²) in [5, 5.41) is 0. The highest BCUT2D eigenvalue weighted by molar-refractivity contribution is 7.89. The van der Waals surface area contributed by atoms with E-state index in [2.05, 4.69) is 9.71 Å². The average Bonchev–Trinajstić information content (AvgIpc) is 2.63. The molecule has 0 amide bonds. The van der Waals surface area contributed by atoms with E-state index < -0.39 is 33.9 Å². The first-order chi connectivity index (χ1) is 13.0. The fourth-order valence-electron chi connectivity index (χ4n) is 3.02. The first-order valence-corrected chi connectivity index (χ1v) is 9.98. The van der Waals surface area contributed by atoms with E-state index in [9.17, 15) is 30.4 Å². The second-order valence-electron chi connectivity index (χ2n) is 6.71. The van der Waals surface area contributed by atoms with E-state index in [1.54, 1.807) is 6.07 Å². The summed E-state index contributed by atoms with van der Waals surface area (Å²) in [6, 6.07) is 7.09. The molecule has 0 unspecified atom stereocenters. The number of alkyl halides is 5. The molecule has 0 spiro atoms. The number of hydrogen-bond donors (Lipinski definition) is 1. The van der Waals surface area contributed by atoms with Gasteiger partial charge >= 0.3 is 6.18 Å². The van der Waals surface area contributed by atoms with Crippen molar-refractivity contribution in [1.82, 2.24) is 9.71 Å². The lowest BCUT2D eigenvalue weighted by Crippen LogP contribution is -2.40. The molecule has 1 N–H and O–H groups in total. The first kappa shape index (κ1) is 20.7. The van der Waals surface area contributed by atoms with Crippen LogP contribution in [0.3, 0.4) is 0 Å². The third-order valence-corrected chi connectivity index (χ3v) is 6.09. The lowest BCUT2D eigenvalue weighted by molar-refractivity contribution is -0.141. The Morgan fingerprint density at radius 3 is 2.29 bits per heavy atom. The number of nitrogens with one attached hydrogen (secondary N) is 1. The van der Waals surface area contributed by atoms with Crippen LogP contribution >= 0.6 is 0 Å². The van der Waals surface area contributed by atoms with Gasteiger partial charge in [-0.15, -0.1) is 0 Å². The molecule has 2 aromatic rings. The Hall–Kier alpha value is -2.07. The van der Waals surface area contributed by atoms with Gasteiger partial charge in [-0.3, -0.25) is 4.98 Å². The van der Waals surface area contributed by atoms with E-state index in [4.69, 9.17) is 0 Å². The third kappa shape index (κ3) is 4.85. The summed E-state index contributed by atoms with van der Waals surface area (Å²) in [5.74, 6) is -2.77.